The first-order valence-electron chi connectivity index (χ1n) is 10.1. The number of benzene rings is 2. The van der Waals surface area contributed by atoms with Crippen LogP contribution in [-0.2, 0) is 17.8 Å². The molecule has 1 aromatic heterocycles. The first-order chi connectivity index (χ1) is 14.6. The highest BCUT2D eigenvalue weighted by molar-refractivity contribution is 8.00. The van der Waals surface area contributed by atoms with Crippen molar-refractivity contribution in [1.82, 2.24) is 25.5 Å². The fourth-order valence-electron chi connectivity index (χ4n) is 3.69. The van der Waals surface area contributed by atoms with Crippen LogP contribution >= 0.6 is 11.8 Å². The zero-order chi connectivity index (χ0) is 20.9. The van der Waals surface area contributed by atoms with Gasteiger partial charge < -0.3 is 10.1 Å². The van der Waals surface area contributed by atoms with Gasteiger partial charge in [-0.2, -0.15) is 0 Å². The number of aryl methyl sites for hydroxylation is 1. The average Bonchev–Trinajstić information content (AvgIpc) is 3.21. The molecule has 1 amide bonds. The Bertz CT molecular complexity index is 1000. The van der Waals surface area contributed by atoms with Crippen molar-refractivity contribution in [2.75, 3.05) is 7.11 Å². The Hall–Kier alpha value is -2.87. The maximum absolute atomic E-state index is 12.9. The number of nitrogens with one attached hydrogen (secondary N) is 1. The summed E-state index contributed by atoms with van der Waals surface area (Å²) in [5.74, 6) is 0.806. The average molecular weight is 424 g/mol. The van der Waals surface area contributed by atoms with E-state index in [-0.39, 0.29) is 17.2 Å². The van der Waals surface area contributed by atoms with Crippen molar-refractivity contribution in [3.8, 4) is 5.75 Å². The van der Waals surface area contributed by atoms with E-state index in [0.717, 1.165) is 30.6 Å². The molecule has 0 unspecified atom stereocenters. The lowest BCUT2D eigenvalue weighted by Gasteiger charge is -2.27. The number of hydrogen-bond acceptors (Lipinski definition) is 6. The van der Waals surface area contributed by atoms with Crippen LogP contribution in [0.25, 0.3) is 0 Å². The molecule has 4 rings (SSSR count). The molecule has 1 N–H and O–H groups in total. The maximum Gasteiger partial charge on any atom is 0.233 e. The Balaban J connectivity index is 1.39. The van der Waals surface area contributed by atoms with Crippen LogP contribution in [-0.4, -0.2) is 38.5 Å². The van der Waals surface area contributed by atoms with E-state index < -0.39 is 0 Å². The van der Waals surface area contributed by atoms with Gasteiger partial charge in [0.15, 0.2) is 0 Å². The second kappa shape index (κ2) is 9.30. The van der Waals surface area contributed by atoms with Crippen molar-refractivity contribution in [2.45, 2.75) is 49.2 Å². The Morgan fingerprint density at radius 1 is 1.27 bits per heavy atom. The molecule has 0 radical (unpaired) electrons. The van der Waals surface area contributed by atoms with Crippen molar-refractivity contribution < 1.29 is 9.53 Å². The number of rotatable bonds is 7. The van der Waals surface area contributed by atoms with E-state index in [1.54, 1.807) is 11.8 Å². The molecule has 0 fully saturated rings. The zero-order valence-electron chi connectivity index (χ0n) is 17.1. The van der Waals surface area contributed by atoms with Crippen LogP contribution < -0.4 is 10.1 Å². The number of carbonyl (C=O) groups excluding carboxylic acids is 1. The van der Waals surface area contributed by atoms with Crippen molar-refractivity contribution in [3.63, 3.8) is 0 Å². The summed E-state index contributed by atoms with van der Waals surface area (Å²) in [5.41, 5.74) is 3.62. The second-order valence-corrected chi connectivity index (χ2v) is 8.69. The predicted octanol–water partition coefficient (Wildman–Crippen LogP) is 3.40. The molecule has 1 aliphatic rings. The molecule has 7 nitrogen and oxygen atoms in total. The maximum atomic E-state index is 12.9. The molecule has 8 heteroatoms. The minimum absolute atomic E-state index is 0.000649. The molecule has 2 aromatic carbocycles. The Kier molecular flexibility index (Phi) is 6.32. The fourth-order valence-corrected chi connectivity index (χ4v) is 4.49. The zero-order valence-corrected chi connectivity index (χ0v) is 17.9. The summed E-state index contributed by atoms with van der Waals surface area (Å²) >= 11 is 1.37. The van der Waals surface area contributed by atoms with Gasteiger partial charge >= 0.3 is 0 Å². The highest BCUT2D eigenvalue weighted by Crippen LogP contribution is 2.30. The lowest BCUT2D eigenvalue weighted by Crippen LogP contribution is -2.36. The van der Waals surface area contributed by atoms with Crippen LogP contribution in [0.5, 0.6) is 5.75 Å². The van der Waals surface area contributed by atoms with E-state index in [0.29, 0.717) is 11.7 Å². The highest BCUT2D eigenvalue weighted by atomic mass is 32.2. The van der Waals surface area contributed by atoms with Crippen LogP contribution in [0.4, 0.5) is 0 Å². The van der Waals surface area contributed by atoms with Crippen LogP contribution in [0.2, 0.25) is 0 Å². The normalized spacial score (nSPS) is 16.5. The second-order valence-electron chi connectivity index (χ2n) is 7.38. The molecule has 30 heavy (non-hydrogen) atoms. The first kappa shape index (κ1) is 20.4. The number of carbonyl (C=O) groups is 1. The molecular formula is C22H25N5O2S. The molecule has 2 atom stereocenters. The summed E-state index contributed by atoms with van der Waals surface area (Å²) in [4.78, 5) is 12.9. The number of fused-ring (bicyclic) bond motifs is 1. The van der Waals surface area contributed by atoms with Gasteiger partial charge in [0.1, 0.15) is 5.75 Å². The van der Waals surface area contributed by atoms with Gasteiger partial charge in [-0.3, -0.25) is 4.79 Å². The molecule has 0 saturated heterocycles. The lowest BCUT2D eigenvalue weighted by molar-refractivity contribution is -0.121. The number of nitrogens with zero attached hydrogens (tertiary/aromatic N) is 4. The summed E-state index contributed by atoms with van der Waals surface area (Å²) in [6.07, 6.45) is 3.13. The SMILES string of the molecule is COc1ccc(Cn2nnnc2S[C@H](C)C(=O)N[C@H]2CCCc3ccccc32)cc1. The Morgan fingerprint density at radius 3 is 2.87 bits per heavy atom. The van der Waals surface area contributed by atoms with Crippen LogP contribution in [0.1, 0.15) is 42.5 Å². The Labute approximate surface area is 180 Å². The number of thioether (sulfide) groups is 1. The summed E-state index contributed by atoms with van der Waals surface area (Å²) < 4.78 is 6.91. The largest absolute Gasteiger partial charge is 0.497 e. The monoisotopic (exact) mass is 423 g/mol. The van der Waals surface area contributed by atoms with Gasteiger partial charge in [0.05, 0.1) is 24.9 Å². The fraction of sp³-hybridized carbons (Fsp3) is 0.364. The summed E-state index contributed by atoms with van der Waals surface area (Å²) in [6.45, 7) is 2.42. The molecule has 1 aliphatic carbocycles. The lowest BCUT2D eigenvalue weighted by atomic mass is 9.88. The van der Waals surface area contributed by atoms with Gasteiger partial charge in [0, 0.05) is 0 Å². The van der Waals surface area contributed by atoms with Gasteiger partial charge in [-0.25, -0.2) is 4.68 Å². The van der Waals surface area contributed by atoms with Gasteiger partial charge in [0.25, 0.3) is 0 Å². The summed E-state index contributed by atoms with van der Waals surface area (Å²) in [6, 6.07) is 16.2. The Morgan fingerprint density at radius 2 is 2.07 bits per heavy atom. The molecule has 3 aromatic rings. The number of aromatic nitrogens is 4. The topological polar surface area (TPSA) is 81.9 Å². The minimum Gasteiger partial charge on any atom is -0.497 e. The van der Waals surface area contributed by atoms with Crippen molar-refractivity contribution in [3.05, 3.63) is 65.2 Å². The van der Waals surface area contributed by atoms with E-state index in [1.807, 2.05) is 37.3 Å². The van der Waals surface area contributed by atoms with Crippen molar-refractivity contribution >= 4 is 17.7 Å². The van der Waals surface area contributed by atoms with E-state index >= 15 is 0 Å². The van der Waals surface area contributed by atoms with E-state index in [1.165, 1.54) is 22.9 Å². The third kappa shape index (κ3) is 4.64. The molecule has 1 heterocycles. The molecule has 0 saturated carbocycles. The van der Waals surface area contributed by atoms with Gasteiger partial charge in [-0.05, 0) is 65.4 Å². The van der Waals surface area contributed by atoms with Gasteiger partial charge in [0.2, 0.25) is 11.1 Å². The van der Waals surface area contributed by atoms with E-state index in [9.17, 15) is 4.79 Å². The molecule has 156 valence electrons. The van der Waals surface area contributed by atoms with Crippen LogP contribution in [0.3, 0.4) is 0 Å². The smallest absolute Gasteiger partial charge is 0.233 e. The number of methoxy groups -OCH3 is 1. The standard InChI is InChI=1S/C22H25N5O2S/c1-15(21(28)23-20-9-5-7-17-6-3-4-8-19(17)20)30-22-24-25-26-27(22)14-16-10-12-18(29-2)13-11-16/h3-4,6,8,10-13,15,20H,5,7,9,14H2,1-2H3,(H,23,28)/t15-,20+/m1/s1. The predicted molar refractivity (Wildman–Crippen MR) is 115 cm³/mol. The number of tetrazole rings is 1. The van der Waals surface area contributed by atoms with Crippen LogP contribution in [0, 0.1) is 0 Å². The van der Waals surface area contributed by atoms with Crippen LogP contribution in [0.15, 0.2) is 53.7 Å². The van der Waals surface area contributed by atoms with E-state index in [2.05, 4.69) is 39.0 Å². The number of hydrogen-bond donors (Lipinski definition) is 1. The van der Waals surface area contributed by atoms with Gasteiger partial charge in [-0.1, -0.05) is 48.2 Å². The third-order valence-electron chi connectivity index (χ3n) is 5.33. The summed E-state index contributed by atoms with van der Waals surface area (Å²) in [7, 11) is 1.64. The molecule has 0 spiro atoms. The minimum atomic E-state index is -0.306. The van der Waals surface area contributed by atoms with Crippen molar-refractivity contribution in [2.24, 2.45) is 0 Å². The number of amides is 1. The molecule has 0 bridgehead atoms. The third-order valence-corrected chi connectivity index (χ3v) is 6.40. The number of ether oxygens (including phenoxy) is 1. The summed E-state index contributed by atoms with van der Waals surface area (Å²) in [5, 5.41) is 15.5. The van der Waals surface area contributed by atoms with Crippen molar-refractivity contribution in [1.29, 1.82) is 0 Å². The van der Waals surface area contributed by atoms with Gasteiger partial charge in [-0.15, -0.1) is 5.10 Å². The quantitative estimate of drug-likeness (QED) is 0.587. The molecular weight excluding hydrogens is 398 g/mol. The first-order valence-corrected chi connectivity index (χ1v) is 11.0. The highest BCUT2D eigenvalue weighted by Gasteiger charge is 2.25. The molecule has 0 aliphatic heterocycles. The van der Waals surface area contributed by atoms with E-state index in [4.69, 9.17) is 4.74 Å².